The predicted molar refractivity (Wildman–Crippen MR) is 84.0 cm³/mol. The first kappa shape index (κ1) is 12.9. The van der Waals surface area contributed by atoms with Crippen LogP contribution in [0.2, 0.25) is 0 Å². The molecule has 20 heavy (non-hydrogen) atoms. The van der Waals surface area contributed by atoms with Gasteiger partial charge in [0.25, 0.3) is 0 Å². The van der Waals surface area contributed by atoms with Crippen molar-refractivity contribution in [1.29, 1.82) is 0 Å². The number of aromatic nitrogens is 2. The Kier molecular flexibility index (Phi) is 3.06. The molecule has 2 heterocycles. The number of aromatic hydroxyl groups is 1. The van der Waals surface area contributed by atoms with Crippen molar-refractivity contribution in [3.05, 3.63) is 40.3 Å². The van der Waals surface area contributed by atoms with Crippen molar-refractivity contribution in [3.8, 4) is 5.88 Å². The molecule has 3 rings (SSSR count). The van der Waals surface area contributed by atoms with E-state index < -0.39 is 0 Å². The zero-order chi connectivity index (χ0) is 14.3. The van der Waals surface area contributed by atoms with Crippen LogP contribution in [0.15, 0.2) is 29.3 Å². The van der Waals surface area contributed by atoms with Crippen LogP contribution in [-0.4, -0.2) is 20.5 Å². The Hall–Kier alpha value is -2.14. The summed E-state index contributed by atoms with van der Waals surface area (Å²) in [7, 11) is 1.86. The van der Waals surface area contributed by atoms with Gasteiger partial charge in [-0.1, -0.05) is 18.2 Å². The van der Waals surface area contributed by atoms with Crippen molar-refractivity contribution in [2.75, 3.05) is 0 Å². The van der Waals surface area contributed by atoms with Gasteiger partial charge in [-0.15, -0.1) is 0 Å². The molecule has 0 radical (unpaired) electrons. The molecule has 0 saturated carbocycles. The second-order valence-corrected chi connectivity index (χ2v) is 5.03. The van der Waals surface area contributed by atoms with Gasteiger partial charge in [-0.25, -0.2) is 0 Å². The minimum Gasteiger partial charge on any atom is -0.493 e. The van der Waals surface area contributed by atoms with E-state index in [0.29, 0.717) is 17.0 Å². The molecule has 2 aromatic rings. The van der Waals surface area contributed by atoms with E-state index in [-0.39, 0.29) is 5.88 Å². The summed E-state index contributed by atoms with van der Waals surface area (Å²) in [5, 5.41) is 10.3. The van der Waals surface area contributed by atoms with Crippen LogP contribution in [0.4, 0.5) is 5.69 Å². The monoisotopic (exact) mass is 285 g/mol. The third-order valence-corrected chi connectivity index (χ3v) is 4.02. The van der Waals surface area contributed by atoms with Crippen LogP contribution in [0.5, 0.6) is 5.88 Å². The lowest BCUT2D eigenvalue weighted by molar-refractivity contribution is 0.419. The van der Waals surface area contributed by atoms with E-state index in [2.05, 4.69) is 4.99 Å². The number of allylic oxidation sites excluding steroid dienone is 1. The predicted octanol–water partition coefficient (Wildman–Crippen LogP) is 3.54. The number of para-hydroxylation sites is 1. The Morgan fingerprint density at radius 3 is 2.80 bits per heavy atom. The Balaban J connectivity index is 2.16. The summed E-state index contributed by atoms with van der Waals surface area (Å²) in [6.07, 6.45) is 3.74. The lowest BCUT2D eigenvalue weighted by Gasteiger charge is -2.01. The van der Waals surface area contributed by atoms with Crippen molar-refractivity contribution < 1.29 is 5.11 Å². The number of nitrogens with zero attached hydrogens (tertiary/aromatic N) is 3. The van der Waals surface area contributed by atoms with Crippen LogP contribution in [-0.2, 0) is 13.6 Å². The summed E-state index contributed by atoms with van der Waals surface area (Å²) in [5.74, 6) is 0.199. The number of aliphatic imine (C=N–C) groups is 1. The lowest BCUT2D eigenvalue weighted by atomic mass is 10.1. The maximum Gasteiger partial charge on any atom is 0.217 e. The zero-order valence-corrected chi connectivity index (χ0v) is 12.2. The first-order valence-electron chi connectivity index (χ1n) is 6.47. The molecule has 1 aliphatic heterocycles. The number of imidazole rings is 1. The average Bonchev–Trinajstić information content (AvgIpc) is 2.95. The molecule has 1 aromatic heterocycles. The topological polar surface area (TPSA) is 42.4 Å². The molecule has 4 nitrogen and oxygen atoms in total. The fourth-order valence-electron chi connectivity index (χ4n) is 2.41. The third-order valence-electron chi connectivity index (χ3n) is 3.53. The summed E-state index contributed by atoms with van der Waals surface area (Å²) in [6, 6.07) is 7.95. The molecule has 5 heteroatoms. The fourth-order valence-corrected chi connectivity index (χ4v) is 2.72. The highest BCUT2D eigenvalue weighted by Gasteiger charge is 2.16. The van der Waals surface area contributed by atoms with Crippen molar-refractivity contribution in [3.63, 3.8) is 0 Å². The van der Waals surface area contributed by atoms with E-state index in [1.165, 1.54) is 0 Å². The summed E-state index contributed by atoms with van der Waals surface area (Å²) < 4.78 is 4.13. The quantitative estimate of drug-likeness (QED) is 0.858. The van der Waals surface area contributed by atoms with Gasteiger partial charge in [-0.05, 0) is 31.3 Å². The van der Waals surface area contributed by atoms with Gasteiger partial charge in [0, 0.05) is 30.9 Å². The van der Waals surface area contributed by atoms with Crippen LogP contribution in [0.25, 0.3) is 11.6 Å². The van der Waals surface area contributed by atoms with E-state index in [0.717, 1.165) is 16.8 Å². The fraction of sp³-hybridized carbons (Fsp3) is 0.200. The Morgan fingerprint density at radius 1 is 1.35 bits per heavy atom. The van der Waals surface area contributed by atoms with Crippen LogP contribution in [0.3, 0.4) is 0 Å². The summed E-state index contributed by atoms with van der Waals surface area (Å²) in [5.41, 5.74) is 3.71. The van der Waals surface area contributed by atoms with Gasteiger partial charge in [0.2, 0.25) is 5.88 Å². The first-order chi connectivity index (χ1) is 9.63. The van der Waals surface area contributed by atoms with Crippen LogP contribution in [0, 0.1) is 4.77 Å². The standard InChI is InChI=1S/C15H15N3OS/c1-3-18-14(19)13(17(2)15(18)20)8-10-9-16-12-7-5-4-6-11(10)12/h4-9,19H,3H2,1-2H3/b10-8-. The van der Waals surface area contributed by atoms with Gasteiger partial charge < -0.3 is 9.67 Å². The summed E-state index contributed by atoms with van der Waals surface area (Å²) in [6.45, 7) is 2.60. The van der Waals surface area contributed by atoms with E-state index in [1.807, 2.05) is 55.1 Å². The molecule has 0 unspecified atom stereocenters. The van der Waals surface area contributed by atoms with Crippen LogP contribution >= 0.6 is 12.2 Å². The second kappa shape index (κ2) is 4.76. The maximum atomic E-state index is 10.3. The maximum absolute atomic E-state index is 10.3. The average molecular weight is 285 g/mol. The molecule has 1 aromatic carbocycles. The second-order valence-electron chi connectivity index (χ2n) is 4.67. The van der Waals surface area contributed by atoms with Gasteiger partial charge in [0.05, 0.1) is 5.69 Å². The Labute approximate surface area is 122 Å². The van der Waals surface area contributed by atoms with Crippen LogP contribution < -0.4 is 0 Å². The van der Waals surface area contributed by atoms with E-state index >= 15 is 0 Å². The third kappa shape index (κ3) is 1.82. The highest BCUT2D eigenvalue weighted by molar-refractivity contribution is 7.71. The normalized spacial score (nSPS) is 15.0. The van der Waals surface area contributed by atoms with Crippen molar-refractivity contribution in [1.82, 2.24) is 9.13 Å². The molecule has 0 aliphatic carbocycles. The molecule has 0 saturated heterocycles. The van der Waals surface area contributed by atoms with Gasteiger partial charge in [-0.3, -0.25) is 9.56 Å². The SMILES string of the molecule is CCn1c(O)c(/C=C2/C=Nc3ccccc32)n(C)c1=S. The minimum atomic E-state index is 0.199. The molecule has 0 atom stereocenters. The van der Waals surface area contributed by atoms with Crippen molar-refractivity contribution in [2.45, 2.75) is 13.5 Å². The van der Waals surface area contributed by atoms with Crippen molar-refractivity contribution >= 4 is 35.8 Å². The molecule has 0 fully saturated rings. The van der Waals surface area contributed by atoms with E-state index in [4.69, 9.17) is 12.2 Å². The van der Waals surface area contributed by atoms with Gasteiger partial charge in [0.15, 0.2) is 4.77 Å². The number of fused-ring (bicyclic) bond motifs is 1. The van der Waals surface area contributed by atoms with Gasteiger partial charge >= 0.3 is 0 Å². The molecule has 0 spiro atoms. The van der Waals surface area contributed by atoms with Gasteiger partial charge in [-0.2, -0.15) is 0 Å². The highest BCUT2D eigenvalue weighted by Crippen LogP contribution is 2.33. The number of rotatable bonds is 2. The van der Waals surface area contributed by atoms with Gasteiger partial charge in [0.1, 0.15) is 5.69 Å². The lowest BCUT2D eigenvalue weighted by Crippen LogP contribution is -1.95. The molecular weight excluding hydrogens is 270 g/mol. The molecule has 102 valence electrons. The molecule has 1 aliphatic rings. The number of benzene rings is 1. The van der Waals surface area contributed by atoms with E-state index in [1.54, 1.807) is 4.57 Å². The minimum absolute atomic E-state index is 0.199. The number of hydrogen-bond acceptors (Lipinski definition) is 3. The largest absolute Gasteiger partial charge is 0.493 e. The van der Waals surface area contributed by atoms with Crippen molar-refractivity contribution in [2.24, 2.45) is 12.0 Å². The Morgan fingerprint density at radius 2 is 2.10 bits per heavy atom. The molecular formula is C15H15N3OS. The Bertz CT molecular complexity index is 796. The first-order valence-corrected chi connectivity index (χ1v) is 6.88. The van der Waals surface area contributed by atoms with Crippen LogP contribution in [0.1, 0.15) is 18.2 Å². The molecule has 0 amide bonds. The van der Waals surface area contributed by atoms with E-state index in [9.17, 15) is 5.11 Å². The smallest absolute Gasteiger partial charge is 0.217 e. The summed E-state index contributed by atoms with van der Waals surface area (Å²) >= 11 is 5.32. The number of hydrogen-bond donors (Lipinski definition) is 1. The molecule has 0 bridgehead atoms. The summed E-state index contributed by atoms with van der Waals surface area (Å²) in [4.78, 5) is 4.37. The molecule has 1 N–H and O–H groups in total. The zero-order valence-electron chi connectivity index (χ0n) is 11.4. The highest BCUT2D eigenvalue weighted by atomic mass is 32.1.